The predicted molar refractivity (Wildman–Crippen MR) is 99.2 cm³/mol. The molecule has 3 rings (SSSR count). The Hall–Kier alpha value is -3.27. The Balaban J connectivity index is 2.02. The lowest BCUT2D eigenvalue weighted by Crippen LogP contribution is -2.43. The molecule has 11 heteroatoms. The van der Waals surface area contributed by atoms with Gasteiger partial charge in [0.1, 0.15) is 17.3 Å². The number of anilines is 1. The van der Waals surface area contributed by atoms with Gasteiger partial charge in [0.05, 0.1) is 17.3 Å². The van der Waals surface area contributed by atoms with Crippen LogP contribution in [0.4, 0.5) is 28.0 Å². The van der Waals surface area contributed by atoms with E-state index in [9.17, 15) is 32.3 Å². The average Bonchev–Trinajstić information content (AvgIpc) is 2.77. The lowest BCUT2D eigenvalue weighted by Gasteiger charge is -2.27. The molecule has 0 saturated carbocycles. The zero-order chi connectivity index (χ0) is 22.2. The fraction of sp³-hybridized carbons (Fsp3) is 0.158. The molecule has 2 aromatic carbocycles. The van der Waals surface area contributed by atoms with Crippen molar-refractivity contribution in [2.45, 2.75) is 6.18 Å². The lowest BCUT2D eigenvalue weighted by atomic mass is 10.2. The Kier molecular flexibility index (Phi) is 5.62. The third kappa shape index (κ3) is 4.18. The number of allylic oxidation sites excluding steroid dienone is 1. The van der Waals surface area contributed by atoms with E-state index in [-0.39, 0.29) is 33.2 Å². The smallest absolute Gasteiger partial charge is 0.431 e. The number of hydrogen-bond acceptors (Lipinski definition) is 4. The molecular weight excluding hydrogens is 432 g/mol. The highest BCUT2D eigenvalue weighted by Crippen LogP contribution is 2.39. The van der Waals surface area contributed by atoms with Crippen molar-refractivity contribution >= 4 is 29.1 Å². The summed E-state index contributed by atoms with van der Waals surface area (Å²) < 4.78 is 59.5. The molecule has 0 bridgehead atoms. The second kappa shape index (κ2) is 7.86. The van der Waals surface area contributed by atoms with E-state index in [1.807, 2.05) is 0 Å². The van der Waals surface area contributed by atoms with Crippen LogP contribution in [0.2, 0.25) is 5.02 Å². The number of hydrogen-bond donors (Lipinski definition) is 1. The van der Waals surface area contributed by atoms with Gasteiger partial charge in [0, 0.05) is 19.2 Å². The number of para-hydroxylation sites is 2. The minimum atomic E-state index is -4.96. The Morgan fingerprint density at radius 2 is 1.80 bits per heavy atom. The summed E-state index contributed by atoms with van der Waals surface area (Å²) in [4.78, 5) is 25.3. The van der Waals surface area contributed by atoms with Crippen LogP contribution < -0.4 is 9.64 Å². The van der Waals surface area contributed by atoms with E-state index in [0.29, 0.717) is 4.90 Å². The van der Waals surface area contributed by atoms with E-state index in [4.69, 9.17) is 16.3 Å². The van der Waals surface area contributed by atoms with Crippen LogP contribution in [0.5, 0.6) is 17.2 Å². The van der Waals surface area contributed by atoms with Gasteiger partial charge in [-0.1, -0.05) is 23.7 Å². The number of halogens is 5. The third-order valence-electron chi connectivity index (χ3n) is 4.16. The molecule has 0 saturated heterocycles. The maximum absolute atomic E-state index is 14.6. The number of phenolic OH excluding ortho intramolecular Hbond substituents is 1. The zero-order valence-corrected chi connectivity index (χ0v) is 16.0. The van der Waals surface area contributed by atoms with E-state index in [2.05, 4.69) is 0 Å². The molecule has 158 valence electrons. The minimum absolute atomic E-state index is 0.0339. The van der Waals surface area contributed by atoms with Crippen molar-refractivity contribution in [3.05, 3.63) is 59.0 Å². The molecule has 0 fully saturated rings. The molecule has 1 N–H and O–H groups in total. The fourth-order valence-electron chi connectivity index (χ4n) is 2.73. The highest BCUT2D eigenvalue weighted by Gasteiger charge is 2.42. The maximum Gasteiger partial charge on any atom is 0.431 e. The first-order chi connectivity index (χ1) is 14.0. The van der Waals surface area contributed by atoms with Gasteiger partial charge in [-0.15, -0.1) is 0 Å². The summed E-state index contributed by atoms with van der Waals surface area (Å²) in [6.45, 7) is -0.836. The molecule has 0 aliphatic carbocycles. The van der Waals surface area contributed by atoms with Crippen LogP contribution in [0.3, 0.4) is 0 Å². The monoisotopic (exact) mass is 444 g/mol. The van der Waals surface area contributed by atoms with E-state index in [0.717, 1.165) is 19.2 Å². The van der Waals surface area contributed by atoms with Crippen molar-refractivity contribution in [2.24, 2.45) is 0 Å². The Bertz CT molecular complexity index is 1060. The molecule has 1 aliphatic rings. The van der Waals surface area contributed by atoms with Crippen molar-refractivity contribution in [3.8, 4) is 17.2 Å². The van der Waals surface area contributed by atoms with Crippen molar-refractivity contribution in [1.29, 1.82) is 0 Å². The number of amides is 2. The van der Waals surface area contributed by atoms with Gasteiger partial charge in [0.25, 0.3) is 0 Å². The summed E-state index contributed by atoms with van der Waals surface area (Å²) in [5, 5.41) is 9.59. The largest absolute Gasteiger partial charge is 0.504 e. The molecule has 1 heterocycles. The predicted octanol–water partition coefficient (Wildman–Crippen LogP) is 4.86. The van der Waals surface area contributed by atoms with Crippen LogP contribution in [-0.4, -0.2) is 41.6 Å². The molecule has 2 amide bonds. The van der Waals surface area contributed by atoms with Crippen LogP contribution in [0.1, 0.15) is 0 Å². The average molecular weight is 445 g/mol. The van der Waals surface area contributed by atoms with Crippen LogP contribution in [0, 0.1) is 5.82 Å². The third-order valence-corrected chi connectivity index (χ3v) is 4.45. The fourth-order valence-corrected chi connectivity index (χ4v) is 2.92. The molecule has 0 atom stereocenters. The number of carbonyl (C=O) groups excluding carboxylic acids is 2. The van der Waals surface area contributed by atoms with E-state index < -0.39 is 41.7 Å². The van der Waals surface area contributed by atoms with Crippen molar-refractivity contribution < 1.29 is 37.0 Å². The van der Waals surface area contributed by atoms with Gasteiger partial charge in [-0.25, -0.2) is 9.18 Å². The molecule has 0 unspecified atom stereocenters. The summed E-state index contributed by atoms with van der Waals surface area (Å²) in [6.07, 6.45) is -4.68. The number of alkyl halides is 3. The summed E-state index contributed by atoms with van der Waals surface area (Å²) in [7, 11) is 0.820. The first-order valence-corrected chi connectivity index (χ1v) is 8.68. The van der Waals surface area contributed by atoms with Gasteiger partial charge >= 0.3 is 12.2 Å². The van der Waals surface area contributed by atoms with Gasteiger partial charge < -0.3 is 9.84 Å². The topological polar surface area (TPSA) is 70.1 Å². The minimum Gasteiger partial charge on any atom is -0.504 e. The van der Waals surface area contributed by atoms with E-state index in [1.165, 1.54) is 18.2 Å². The molecular formula is C19H13ClF4N2O4. The zero-order valence-electron chi connectivity index (χ0n) is 15.2. The van der Waals surface area contributed by atoms with Crippen LogP contribution in [-0.2, 0) is 4.79 Å². The summed E-state index contributed by atoms with van der Waals surface area (Å²) in [6, 6.07) is 6.26. The van der Waals surface area contributed by atoms with Gasteiger partial charge in [-0.3, -0.25) is 14.6 Å². The maximum atomic E-state index is 14.6. The molecule has 0 radical (unpaired) electrons. The number of aromatic hydroxyl groups is 1. The van der Waals surface area contributed by atoms with Gasteiger partial charge in [0.2, 0.25) is 0 Å². The quantitative estimate of drug-likeness (QED) is 0.686. The summed E-state index contributed by atoms with van der Waals surface area (Å²) in [5.74, 6) is -2.59. The molecule has 0 spiro atoms. The Labute approximate surface area is 172 Å². The number of carbonyl (C=O) groups is 2. The first-order valence-electron chi connectivity index (χ1n) is 8.31. The van der Waals surface area contributed by atoms with E-state index in [1.54, 1.807) is 6.07 Å². The van der Waals surface area contributed by atoms with Crippen molar-refractivity contribution in [1.82, 2.24) is 4.90 Å². The number of benzene rings is 2. The van der Waals surface area contributed by atoms with Crippen LogP contribution in [0.25, 0.3) is 0 Å². The second-order valence-electron chi connectivity index (χ2n) is 6.23. The number of ketones is 1. The number of ether oxygens (including phenoxy) is 1. The van der Waals surface area contributed by atoms with Gasteiger partial charge in [-0.05, 0) is 18.2 Å². The number of rotatable bonds is 3. The molecule has 2 aromatic rings. The molecule has 1 aliphatic heterocycles. The summed E-state index contributed by atoms with van der Waals surface area (Å²) >= 11 is 5.97. The Morgan fingerprint density at radius 1 is 1.13 bits per heavy atom. The standard InChI is InChI=1S/C19H13ClF4N2O4/c1-25-17(19(22,23)24)6-10(27)9-26(18(25)29)13-8-16(11(20)7-12(13)21)30-15-5-3-2-4-14(15)28/h2-8,28H,9H2,1H3. The first kappa shape index (κ1) is 21.4. The van der Waals surface area contributed by atoms with Gasteiger partial charge in [-0.2, -0.15) is 13.2 Å². The normalized spacial score (nSPS) is 15.2. The highest BCUT2D eigenvalue weighted by atomic mass is 35.5. The van der Waals surface area contributed by atoms with Crippen LogP contribution in [0.15, 0.2) is 48.2 Å². The summed E-state index contributed by atoms with van der Waals surface area (Å²) in [5.41, 5.74) is -1.99. The highest BCUT2D eigenvalue weighted by molar-refractivity contribution is 6.32. The van der Waals surface area contributed by atoms with Gasteiger partial charge in [0.15, 0.2) is 17.3 Å². The van der Waals surface area contributed by atoms with Crippen molar-refractivity contribution in [3.63, 3.8) is 0 Å². The lowest BCUT2D eigenvalue weighted by molar-refractivity contribution is -0.116. The van der Waals surface area contributed by atoms with Crippen LogP contribution >= 0.6 is 11.6 Å². The molecule has 30 heavy (non-hydrogen) atoms. The number of urea groups is 1. The molecule has 0 aromatic heterocycles. The number of nitrogens with zero attached hydrogens (tertiary/aromatic N) is 2. The number of phenols is 1. The SMILES string of the molecule is CN1C(=O)N(c2cc(Oc3ccccc3O)c(Cl)cc2F)CC(=O)C=C1C(F)(F)F. The van der Waals surface area contributed by atoms with E-state index >= 15 is 0 Å². The molecule has 6 nitrogen and oxygen atoms in total. The Morgan fingerprint density at radius 3 is 2.43 bits per heavy atom. The second-order valence-corrected chi connectivity index (χ2v) is 6.63. The van der Waals surface area contributed by atoms with Crippen molar-refractivity contribution in [2.75, 3.05) is 18.5 Å².